The number of carbonyl (C=O) groups is 1. The predicted molar refractivity (Wildman–Crippen MR) is 103 cm³/mol. The zero-order chi connectivity index (χ0) is 17.8. The van der Waals surface area contributed by atoms with E-state index in [1.165, 1.54) is 6.20 Å². The highest BCUT2D eigenvalue weighted by atomic mass is 79.9. The van der Waals surface area contributed by atoms with Crippen LogP contribution < -0.4 is 10.2 Å². The molecule has 0 saturated heterocycles. The number of aromatic nitrogens is 2. The van der Waals surface area contributed by atoms with Crippen LogP contribution in [0.4, 0.5) is 17.2 Å². The van der Waals surface area contributed by atoms with Gasteiger partial charge in [-0.2, -0.15) is 0 Å². The normalized spacial score (nSPS) is 10.4. The van der Waals surface area contributed by atoms with Gasteiger partial charge in [-0.1, -0.05) is 34.1 Å². The third kappa shape index (κ3) is 4.03. The zero-order valence-corrected chi connectivity index (χ0v) is 15.5. The molecule has 126 valence electrons. The fraction of sp³-hybridized carbons (Fsp3) is 0.105. The van der Waals surface area contributed by atoms with Gasteiger partial charge in [-0.3, -0.25) is 4.79 Å². The maximum Gasteiger partial charge on any atom is 0.275 e. The van der Waals surface area contributed by atoms with Gasteiger partial charge >= 0.3 is 0 Å². The van der Waals surface area contributed by atoms with Crippen LogP contribution in [0.5, 0.6) is 0 Å². The second kappa shape index (κ2) is 7.44. The largest absolute Gasteiger partial charge is 0.328 e. The van der Waals surface area contributed by atoms with Crippen molar-refractivity contribution in [1.29, 1.82) is 0 Å². The van der Waals surface area contributed by atoms with E-state index in [0.29, 0.717) is 5.82 Å². The molecule has 0 bridgehead atoms. The van der Waals surface area contributed by atoms with Crippen LogP contribution in [0.15, 0.2) is 65.4 Å². The predicted octanol–water partition coefficient (Wildman–Crippen LogP) is 4.57. The third-order valence-electron chi connectivity index (χ3n) is 3.79. The third-order valence-corrected chi connectivity index (χ3v) is 4.29. The van der Waals surface area contributed by atoms with Crippen molar-refractivity contribution in [3.63, 3.8) is 0 Å². The Bertz CT molecular complexity index is 882. The number of amides is 1. The van der Waals surface area contributed by atoms with Crippen molar-refractivity contribution in [1.82, 2.24) is 9.97 Å². The molecule has 5 nitrogen and oxygen atoms in total. The Morgan fingerprint density at radius 2 is 1.84 bits per heavy atom. The molecule has 0 spiro atoms. The SMILES string of the molecule is Cc1cc(Br)ccc1NC(=O)c1cnc(N(C)c2ccccc2)cn1. The molecule has 1 N–H and O–H groups in total. The van der Waals surface area contributed by atoms with Gasteiger partial charge < -0.3 is 10.2 Å². The quantitative estimate of drug-likeness (QED) is 0.701. The Labute approximate surface area is 154 Å². The molecular formula is C19H17BrN4O. The van der Waals surface area contributed by atoms with Crippen LogP contribution in [0.25, 0.3) is 0 Å². The molecule has 6 heteroatoms. The van der Waals surface area contributed by atoms with E-state index in [4.69, 9.17) is 0 Å². The summed E-state index contributed by atoms with van der Waals surface area (Å²) in [4.78, 5) is 22.9. The molecule has 0 fully saturated rings. The number of hydrogen-bond donors (Lipinski definition) is 1. The van der Waals surface area contributed by atoms with Crippen LogP contribution in [0.1, 0.15) is 16.1 Å². The average Bonchev–Trinajstić information content (AvgIpc) is 2.64. The number of para-hydroxylation sites is 1. The number of aryl methyl sites for hydroxylation is 1. The van der Waals surface area contributed by atoms with E-state index in [2.05, 4.69) is 31.2 Å². The van der Waals surface area contributed by atoms with E-state index < -0.39 is 0 Å². The lowest BCUT2D eigenvalue weighted by atomic mass is 10.2. The maximum absolute atomic E-state index is 12.4. The average molecular weight is 397 g/mol. The molecule has 1 aromatic heterocycles. The maximum atomic E-state index is 12.4. The molecule has 0 aliphatic rings. The van der Waals surface area contributed by atoms with Gasteiger partial charge in [0.05, 0.1) is 12.4 Å². The molecule has 1 amide bonds. The molecule has 0 radical (unpaired) electrons. The number of rotatable bonds is 4. The van der Waals surface area contributed by atoms with E-state index in [1.54, 1.807) is 6.20 Å². The topological polar surface area (TPSA) is 58.1 Å². The molecule has 0 unspecified atom stereocenters. The first-order valence-corrected chi connectivity index (χ1v) is 8.52. The summed E-state index contributed by atoms with van der Waals surface area (Å²) >= 11 is 3.41. The Kier molecular flexibility index (Phi) is 5.09. The van der Waals surface area contributed by atoms with Crippen molar-refractivity contribution in [2.45, 2.75) is 6.92 Å². The van der Waals surface area contributed by atoms with Crippen molar-refractivity contribution in [3.8, 4) is 0 Å². The van der Waals surface area contributed by atoms with Crippen LogP contribution in [0.2, 0.25) is 0 Å². The van der Waals surface area contributed by atoms with Crippen molar-refractivity contribution in [2.75, 3.05) is 17.3 Å². The lowest BCUT2D eigenvalue weighted by Gasteiger charge is -2.17. The summed E-state index contributed by atoms with van der Waals surface area (Å²) < 4.78 is 0.969. The van der Waals surface area contributed by atoms with E-state index in [9.17, 15) is 4.79 Å². The van der Waals surface area contributed by atoms with Crippen molar-refractivity contribution in [2.24, 2.45) is 0 Å². The number of anilines is 3. The number of nitrogens with zero attached hydrogens (tertiary/aromatic N) is 3. The second-order valence-electron chi connectivity index (χ2n) is 5.57. The monoisotopic (exact) mass is 396 g/mol. The molecule has 0 aliphatic carbocycles. The molecular weight excluding hydrogens is 380 g/mol. The van der Waals surface area contributed by atoms with E-state index in [1.807, 2.05) is 67.4 Å². The van der Waals surface area contributed by atoms with Crippen molar-refractivity contribution < 1.29 is 4.79 Å². The van der Waals surface area contributed by atoms with Gasteiger partial charge in [0.25, 0.3) is 5.91 Å². The fourth-order valence-corrected chi connectivity index (χ4v) is 2.82. The lowest BCUT2D eigenvalue weighted by Crippen LogP contribution is -2.16. The molecule has 3 aromatic rings. The van der Waals surface area contributed by atoms with Gasteiger partial charge in [0.15, 0.2) is 5.82 Å². The van der Waals surface area contributed by atoms with Gasteiger partial charge in [0, 0.05) is 22.9 Å². The van der Waals surface area contributed by atoms with E-state index in [-0.39, 0.29) is 11.6 Å². The lowest BCUT2D eigenvalue weighted by molar-refractivity contribution is 0.102. The van der Waals surface area contributed by atoms with E-state index >= 15 is 0 Å². The van der Waals surface area contributed by atoms with Gasteiger partial charge in [-0.25, -0.2) is 9.97 Å². The van der Waals surface area contributed by atoms with Crippen LogP contribution in [0.3, 0.4) is 0 Å². The number of carbonyl (C=O) groups excluding carboxylic acids is 1. The highest BCUT2D eigenvalue weighted by Crippen LogP contribution is 2.22. The summed E-state index contributed by atoms with van der Waals surface area (Å²) in [7, 11) is 1.91. The summed E-state index contributed by atoms with van der Waals surface area (Å²) in [6.07, 6.45) is 3.08. The van der Waals surface area contributed by atoms with Crippen LogP contribution in [0, 0.1) is 6.92 Å². The van der Waals surface area contributed by atoms with Gasteiger partial charge in [0.1, 0.15) is 5.69 Å². The van der Waals surface area contributed by atoms with Crippen molar-refractivity contribution >= 4 is 39.0 Å². The molecule has 1 heterocycles. The standard InChI is InChI=1S/C19H17BrN4O/c1-13-10-14(20)8-9-16(13)23-19(25)17-11-22-18(12-21-17)24(2)15-6-4-3-5-7-15/h3-12H,1-2H3,(H,23,25). The Morgan fingerprint density at radius 3 is 2.48 bits per heavy atom. The van der Waals surface area contributed by atoms with Crippen LogP contribution in [-0.2, 0) is 0 Å². The zero-order valence-electron chi connectivity index (χ0n) is 13.9. The minimum Gasteiger partial charge on any atom is -0.328 e. The molecule has 0 aliphatic heterocycles. The van der Waals surface area contributed by atoms with Gasteiger partial charge in [-0.15, -0.1) is 0 Å². The van der Waals surface area contributed by atoms with Gasteiger partial charge in [0.2, 0.25) is 0 Å². The second-order valence-corrected chi connectivity index (χ2v) is 6.48. The Balaban J connectivity index is 1.74. The number of halogens is 1. The van der Waals surface area contributed by atoms with E-state index in [0.717, 1.165) is 21.4 Å². The Hall–Kier alpha value is -2.73. The smallest absolute Gasteiger partial charge is 0.275 e. The summed E-state index contributed by atoms with van der Waals surface area (Å²) in [6.45, 7) is 1.93. The molecule has 2 aromatic carbocycles. The van der Waals surface area contributed by atoms with Crippen LogP contribution in [-0.4, -0.2) is 22.9 Å². The van der Waals surface area contributed by atoms with Gasteiger partial charge in [-0.05, 0) is 42.8 Å². The number of hydrogen-bond acceptors (Lipinski definition) is 4. The highest BCUT2D eigenvalue weighted by Gasteiger charge is 2.12. The molecule has 3 rings (SSSR count). The van der Waals surface area contributed by atoms with Crippen molar-refractivity contribution in [3.05, 3.63) is 76.7 Å². The minimum atomic E-state index is -0.285. The molecule has 0 atom stereocenters. The number of benzene rings is 2. The summed E-state index contributed by atoms with van der Waals surface area (Å²) in [5, 5.41) is 2.86. The first-order chi connectivity index (χ1) is 12.0. The Morgan fingerprint density at radius 1 is 1.08 bits per heavy atom. The fourth-order valence-electron chi connectivity index (χ4n) is 2.35. The highest BCUT2D eigenvalue weighted by molar-refractivity contribution is 9.10. The van der Waals surface area contributed by atoms with Crippen LogP contribution >= 0.6 is 15.9 Å². The molecule has 25 heavy (non-hydrogen) atoms. The summed E-state index contributed by atoms with van der Waals surface area (Å²) in [5.74, 6) is 0.384. The summed E-state index contributed by atoms with van der Waals surface area (Å²) in [6, 6.07) is 15.5. The first kappa shape index (κ1) is 17.1. The minimum absolute atomic E-state index is 0.271. The summed E-state index contributed by atoms with van der Waals surface area (Å²) in [5.41, 5.74) is 2.99. The first-order valence-electron chi connectivity index (χ1n) is 7.73. The molecule has 0 saturated carbocycles. The number of nitrogens with one attached hydrogen (secondary N) is 1.